The zero-order chi connectivity index (χ0) is 22.5. The highest BCUT2D eigenvalue weighted by Crippen LogP contribution is 2.26. The van der Waals surface area contributed by atoms with Gasteiger partial charge in [-0.1, -0.05) is 41.9 Å². The maximum atomic E-state index is 12.9. The van der Waals surface area contributed by atoms with Crippen molar-refractivity contribution in [2.75, 3.05) is 6.61 Å². The molecule has 0 spiro atoms. The molecule has 0 aliphatic rings. The van der Waals surface area contributed by atoms with E-state index in [0.717, 1.165) is 11.3 Å². The van der Waals surface area contributed by atoms with Crippen LogP contribution in [0.15, 0.2) is 60.8 Å². The predicted octanol–water partition coefficient (Wildman–Crippen LogP) is 4.99. The third-order valence-electron chi connectivity index (χ3n) is 4.80. The maximum Gasteiger partial charge on any atom is 0.342 e. The Morgan fingerprint density at radius 1 is 1.00 bits per heavy atom. The van der Waals surface area contributed by atoms with Gasteiger partial charge in [-0.3, -0.25) is 4.79 Å². The van der Waals surface area contributed by atoms with E-state index in [4.69, 9.17) is 16.3 Å². The lowest BCUT2D eigenvalue weighted by atomic mass is 10.1. The van der Waals surface area contributed by atoms with Crippen LogP contribution in [0, 0.1) is 0 Å². The molecule has 0 bridgehead atoms. The molecule has 6 nitrogen and oxygen atoms in total. The summed E-state index contributed by atoms with van der Waals surface area (Å²) in [5.74, 6) is -0.838. The fraction of sp³-hybridized carbons (Fsp3) is 0.292. The summed E-state index contributed by atoms with van der Waals surface area (Å²) in [6.07, 6.45) is 1.62. The van der Waals surface area contributed by atoms with E-state index in [1.54, 1.807) is 40.0 Å². The molecule has 162 valence electrons. The van der Waals surface area contributed by atoms with Gasteiger partial charge in [0.15, 0.2) is 6.61 Å². The number of carbonyl (C=O) groups is 2. The van der Waals surface area contributed by atoms with E-state index >= 15 is 0 Å². The Morgan fingerprint density at radius 3 is 2.19 bits per heavy atom. The number of hydrogen-bond donors (Lipinski definition) is 0. The summed E-state index contributed by atoms with van der Waals surface area (Å²) in [6.45, 7) is 7.40. The standard InChI is InChI=1S/C24H26ClN3O3/c1-16(2)28(17(3)4)22(29)15-31-24(30)21-14-27(20-8-6-5-7-9-20)26-23(21)18-10-12-19(25)13-11-18/h5-14,16-17H,15H2,1-4H3. The molecular weight excluding hydrogens is 414 g/mol. The second-order valence-electron chi connectivity index (χ2n) is 7.74. The number of nitrogens with zero attached hydrogens (tertiary/aromatic N) is 3. The lowest BCUT2D eigenvalue weighted by Gasteiger charge is -2.30. The molecule has 0 saturated carbocycles. The molecule has 1 aromatic heterocycles. The summed E-state index contributed by atoms with van der Waals surface area (Å²) in [5.41, 5.74) is 2.27. The number of ether oxygens (including phenoxy) is 1. The predicted molar refractivity (Wildman–Crippen MR) is 121 cm³/mol. The molecule has 0 N–H and O–H groups in total. The average Bonchev–Trinajstić information content (AvgIpc) is 3.18. The highest BCUT2D eigenvalue weighted by Gasteiger charge is 2.24. The lowest BCUT2D eigenvalue weighted by molar-refractivity contribution is -0.138. The molecule has 2 aromatic carbocycles. The number of aromatic nitrogens is 2. The van der Waals surface area contributed by atoms with Crippen LogP contribution in [0.3, 0.4) is 0 Å². The van der Waals surface area contributed by atoms with Gasteiger partial charge >= 0.3 is 5.97 Å². The summed E-state index contributed by atoms with van der Waals surface area (Å²) < 4.78 is 7.02. The number of para-hydroxylation sites is 1. The van der Waals surface area contributed by atoms with Crippen molar-refractivity contribution in [3.63, 3.8) is 0 Å². The average molecular weight is 440 g/mol. The monoisotopic (exact) mass is 439 g/mol. The maximum absolute atomic E-state index is 12.9. The van der Waals surface area contributed by atoms with Crippen LogP contribution in [-0.4, -0.2) is 45.2 Å². The Labute approximate surface area is 187 Å². The molecule has 1 amide bonds. The normalized spacial score (nSPS) is 11.1. The molecule has 7 heteroatoms. The molecule has 1 heterocycles. The highest BCUT2D eigenvalue weighted by atomic mass is 35.5. The van der Waals surface area contributed by atoms with E-state index in [0.29, 0.717) is 10.7 Å². The van der Waals surface area contributed by atoms with E-state index in [-0.39, 0.29) is 30.2 Å². The van der Waals surface area contributed by atoms with Crippen LogP contribution in [0.2, 0.25) is 5.02 Å². The molecule has 0 unspecified atom stereocenters. The summed E-state index contributed by atoms with van der Waals surface area (Å²) in [6, 6.07) is 16.5. The molecular formula is C24H26ClN3O3. The number of rotatable bonds is 7. The van der Waals surface area contributed by atoms with Crippen molar-refractivity contribution in [1.29, 1.82) is 0 Å². The summed E-state index contributed by atoms with van der Waals surface area (Å²) >= 11 is 6.01. The smallest absolute Gasteiger partial charge is 0.342 e. The van der Waals surface area contributed by atoms with Crippen molar-refractivity contribution < 1.29 is 14.3 Å². The second kappa shape index (κ2) is 9.79. The summed E-state index contributed by atoms with van der Waals surface area (Å²) in [7, 11) is 0. The number of benzene rings is 2. The molecule has 31 heavy (non-hydrogen) atoms. The first-order valence-electron chi connectivity index (χ1n) is 10.2. The largest absolute Gasteiger partial charge is 0.452 e. The number of amides is 1. The zero-order valence-corrected chi connectivity index (χ0v) is 18.8. The second-order valence-corrected chi connectivity index (χ2v) is 8.18. The molecule has 0 radical (unpaired) electrons. The van der Waals surface area contributed by atoms with Crippen molar-refractivity contribution in [2.45, 2.75) is 39.8 Å². The summed E-state index contributed by atoms with van der Waals surface area (Å²) in [4.78, 5) is 27.2. The molecule has 0 aliphatic carbocycles. The summed E-state index contributed by atoms with van der Waals surface area (Å²) in [5, 5.41) is 5.18. The Bertz CT molecular complexity index is 1040. The van der Waals surface area contributed by atoms with Crippen LogP contribution in [0.1, 0.15) is 38.1 Å². The van der Waals surface area contributed by atoms with Crippen molar-refractivity contribution in [1.82, 2.24) is 14.7 Å². The van der Waals surface area contributed by atoms with Gasteiger partial charge in [0, 0.05) is 28.9 Å². The zero-order valence-electron chi connectivity index (χ0n) is 18.1. The van der Waals surface area contributed by atoms with Gasteiger partial charge < -0.3 is 9.64 Å². The Kier molecular flexibility index (Phi) is 7.13. The number of halogens is 1. The van der Waals surface area contributed by atoms with E-state index in [1.807, 2.05) is 58.0 Å². The van der Waals surface area contributed by atoms with Crippen molar-refractivity contribution in [3.05, 3.63) is 71.4 Å². The van der Waals surface area contributed by atoms with Gasteiger partial charge in [0.05, 0.1) is 5.69 Å². The van der Waals surface area contributed by atoms with E-state index in [2.05, 4.69) is 5.10 Å². The quantitative estimate of drug-likeness (QED) is 0.486. The Hall–Kier alpha value is -3.12. The molecule has 0 atom stereocenters. The van der Waals surface area contributed by atoms with Crippen molar-refractivity contribution >= 4 is 23.5 Å². The molecule has 3 aromatic rings. The first-order chi connectivity index (χ1) is 14.8. The topological polar surface area (TPSA) is 64.4 Å². The lowest BCUT2D eigenvalue weighted by Crippen LogP contribution is -2.44. The van der Waals surface area contributed by atoms with Crippen LogP contribution in [0.4, 0.5) is 0 Å². The van der Waals surface area contributed by atoms with Crippen molar-refractivity contribution in [3.8, 4) is 16.9 Å². The number of hydrogen-bond acceptors (Lipinski definition) is 4. The van der Waals surface area contributed by atoms with Crippen LogP contribution in [0.25, 0.3) is 16.9 Å². The van der Waals surface area contributed by atoms with E-state index < -0.39 is 5.97 Å². The first-order valence-corrected chi connectivity index (χ1v) is 10.5. The Morgan fingerprint density at radius 2 is 1.61 bits per heavy atom. The third-order valence-corrected chi connectivity index (χ3v) is 5.05. The van der Waals surface area contributed by atoms with Gasteiger partial charge in [-0.15, -0.1) is 0 Å². The number of carbonyl (C=O) groups excluding carboxylic acids is 2. The van der Waals surface area contributed by atoms with Crippen molar-refractivity contribution in [2.24, 2.45) is 0 Å². The van der Waals surface area contributed by atoms with Crippen LogP contribution in [-0.2, 0) is 9.53 Å². The Balaban J connectivity index is 1.89. The minimum Gasteiger partial charge on any atom is -0.452 e. The van der Waals surface area contributed by atoms with Crippen LogP contribution in [0.5, 0.6) is 0 Å². The minimum atomic E-state index is -0.604. The molecule has 0 aliphatic heterocycles. The van der Waals surface area contributed by atoms with E-state index in [1.165, 1.54) is 0 Å². The van der Waals surface area contributed by atoms with Gasteiger partial charge in [0.25, 0.3) is 5.91 Å². The third kappa shape index (κ3) is 5.33. The number of esters is 1. The highest BCUT2D eigenvalue weighted by molar-refractivity contribution is 6.30. The molecule has 3 rings (SSSR count). The van der Waals surface area contributed by atoms with E-state index in [9.17, 15) is 9.59 Å². The van der Waals surface area contributed by atoms with Gasteiger partial charge in [-0.2, -0.15) is 5.10 Å². The van der Waals surface area contributed by atoms with Gasteiger partial charge in [-0.05, 0) is 52.0 Å². The van der Waals surface area contributed by atoms with Crippen LogP contribution < -0.4 is 0 Å². The fourth-order valence-corrected chi connectivity index (χ4v) is 3.64. The van der Waals surface area contributed by atoms with Gasteiger partial charge in [0.1, 0.15) is 11.3 Å². The van der Waals surface area contributed by atoms with Gasteiger partial charge in [0.2, 0.25) is 0 Å². The first kappa shape index (κ1) is 22.6. The molecule has 0 saturated heterocycles. The van der Waals surface area contributed by atoms with Gasteiger partial charge in [-0.25, -0.2) is 9.48 Å². The SMILES string of the molecule is CC(C)N(C(=O)COC(=O)c1cn(-c2ccccc2)nc1-c1ccc(Cl)cc1)C(C)C. The fourth-order valence-electron chi connectivity index (χ4n) is 3.51. The van der Waals surface area contributed by atoms with Crippen LogP contribution >= 0.6 is 11.6 Å². The minimum absolute atomic E-state index is 0.0108. The molecule has 0 fully saturated rings.